The average molecular weight is 363 g/mol. The van der Waals surface area contributed by atoms with E-state index in [4.69, 9.17) is 9.15 Å². The van der Waals surface area contributed by atoms with Crippen LogP contribution in [0, 0.1) is 0 Å². The van der Waals surface area contributed by atoms with Gasteiger partial charge in [0.25, 0.3) is 11.8 Å². The van der Waals surface area contributed by atoms with E-state index >= 15 is 0 Å². The average Bonchev–Trinajstić information content (AvgIpc) is 3.22. The van der Waals surface area contributed by atoms with Crippen molar-refractivity contribution in [2.45, 2.75) is 0 Å². The summed E-state index contributed by atoms with van der Waals surface area (Å²) < 4.78 is 10.3. The molecule has 1 aliphatic rings. The van der Waals surface area contributed by atoms with Gasteiger partial charge in [0.15, 0.2) is 12.4 Å². The van der Waals surface area contributed by atoms with Crippen LogP contribution in [-0.4, -0.2) is 41.6 Å². The number of fused-ring (bicyclic) bond motifs is 2. The Kier molecular flexibility index (Phi) is 4.04. The molecule has 0 aliphatic carbocycles. The Bertz CT molecular complexity index is 1030. The van der Waals surface area contributed by atoms with Crippen molar-refractivity contribution in [2.24, 2.45) is 0 Å². The third-order valence-corrected chi connectivity index (χ3v) is 4.23. The van der Waals surface area contributed by atoms with Crippen molar-refractivity contribution in [3.8, 4) is 0 Å². The number of furan rings is 1. The first-order valence-electron chi connectivity index (χ1n) is 8.17. The summed E-state index contributed by atoms with van der Waals surface area (Å²) in [6, 6.07) is 15.0. The van der Waals surface area contributed by atoms with Crippen molar-refractivity contribution in [3.63, 3.8) is 0 Å². The monoisotopic (exact) mass is 363 g/mol. The highest BCUT2D eigenvalue weighted by Crippen LogP contribution is 2.22. The van der Waals surface area contributed by atoms with Crippen LogP contribution in [-0.2, 0) is 9.53 Å². The van der Waals surface area contributed by atoms with Gasteiger partial charge in [-0.2, -0.15) is 0 Å². The third-order valence-electron chi connectivity index (χ3n) is 4.23. The highest BCUT2D eigenvalue weighted by atomic mass is 16.5. The Labute approximate surface area is 153 Å². The molecule has 1 aliphatic heterocycles. The van der Waals surface area contributed by atoms with Gasteiger partial charge in [-0.05, 0) is 24.3 Å². The van der Waals surface area contributed by atoms with E-state index in [1.54, 1.807) is 36.4 Å². The van der Waals surface area contributed by atoms with Crippen LogP contribution in [0.25, 0.3) is 11.0 Å². The molecule has 0 radical (unpaired) electrons. The zero-order valence-corrected chi connectivity index (χ0v) is 14.0. The molecule has 0 saturated heterocycles. The predicted octanol–water partition coefficient (Wildman–Crippen LogP) is 2.45. The number of rotatable bonds is 5. The van der Waals surface area contributed by atoms with Crippen LogP contribution in [0.4, 0.5) is 0 Å². The zero-order valence-electron chi connectivity index (χ0n) is 14.0. The van der Waals surface area contributed by atoms with Crippen molar-refractivity contribution in [1.82, 2.24) is 4.90 Å². The molecule has 2 aromatic carbocycles. The molecule has 1 aromatic heterocycles. The maximum Gasteiger partial charge on any atom is 0.326 e. The van der Waals surface area contributed by atoms with E-state index in [0.717, 1.165) is 10.3 Å². The first-order valence-corrected chi connectivity index (χ1v) is 8.17. The van der Waals surface area contributed by atoms with Gasteiger partial charge in [0.05, 0.1) is 11.1 Å². The van der Waals surface area contributed by atoms with Gasteiger partial charge in [-0.15, -0.1) is 0 Å². The fourth-order valence-corrected chi connectivity index (χ4v) is 2.89. The lowest BCUT2D eigenvalue weighted by molar-refractivity contribution is -0.142. The first kappa shape index (κ1) is 16.7. The van der Waals surface area contributed by atoms with E-state index in [1.807, 2.05) is 6.07 Å². The number of esters is 1. The minimum Gasteiger partial charge on any atom is -0.456 e. The molecular formula is C20H13NO6. The van der Waals surface area contributed by atoms with Crippen LogP contribution in [0.3, 0.4) is 0 Å². The van der Waals surface area contributed by atoms with E-state index in [1.165, 1.54) is 12.1 Å². The van der Waals surface area contributed by atoms with Crippen molar-refractivity contribution >= 4 is 34.5 Å². The van der Waals surface area contributed by atoms with Crippen LogP contribution in [0.5, 0.6) is 0 Å². The van der Waals surface area contributed by atoms with Gasteiger partial charge in [-0.3, -0.25) is 24.1 Å². The van der Waals surface area contributed by atoms with E-state index < -0.39 is 36.7 Å². The summed E-state index contributed by atoms with van der Waals surface area (Å²) in [5.74, 6) is -2.41. The van der Waals surface area contributed by atoms with Crippen molar-refractivity contribution in [3.05, 3.63) is 71.5 Å². The fourth-order valence-electron chi connectivity index (χ4n) is 2.89. The van der Waals surface area contributed by atoms with E-state index in [-0.39, 0.29) is 16.9 Å². The lowest BCUT2D eigenvalue weighted by Crippen LogP contribution is -2.36. The molecule has 7 nitrogen and oxygen atoms in total. The number of amides is 2. The molecule has 7 heteroatoms. The van der Waals surface area contributed by atoms with Gasteiger partial charge >= 0.3 is 5.97 Å². The molecule has 0 bridgehead atoms. The Morgan fingerprint density at radius 3 is 2.22 bits per heavy atom. The molecule has 0 saturated carbocycles. The molecule has 0 N–H and O–H groups in total. The molecule has 0 atom stereocenters. The summed E-state index contributed by atoms with van der Waals surface area (Å²) >= 11 is 0. The molecule has 134 valence electrons. The SMILES string of the molecule is O=C(CN1C(=O)c2ccccc2C1=O)OCC(=O)c1cc2ccccc2o1. The molecule has 0 spiro atoms. The number of hydrogen-bond donors (Lipinski definition) is 0. The number of Topliss-reactive ketones (excluding diaryl/α,β-unsaturated/α-hetero) is 1. The summed E-state index contributed by atoms with van der Waals surface area (Å²) in [6.45, 7) is -1.10. The summed E-state index contributed by atoms with van der Waals surface area (Å²) in [4.78, 5) is 49.4. The summed E-state index contributed by atoms with van der Waals surface area (Å²) in [7, 11) is 0. The second kappa shape index (κ2) is 6.53. The van der Waals surface area contributed by atoms with Gasteiger partial charge in [0.1, 0.15) is 12.1 Å². The maximum atomic E-state index is 12.2. The Balaban J connectivity index is 1.38. The summed E-state index contributed by atoms with van der Waals surface area (Å²) in [5.41, 5.74) is 1.04. The lowest BCUT2D eigenvalue weighted by Gasteiger charge is -2.12. The van der Waals surface area contributed by atoms with Gasteiger partial charge in [0, 0.05) is 5.39 Å². The van der Waals surface area contributed by atoms with Gasteiger partial charge in [-0.1, -0.05) is 30.3 Å². The Morgan fingerprint density at radius 2 is 1.56 bits per heavy atom. The van der Waals surface area contributed by atoms with Crippen molar-refractivity contribution < 1.29 is 28.3 Å². The normalized spacial score (nSPS) is 13.1. The largest absolute Gasteiger partial charge is 0.456 e. The molecule has 27 heavy (non-hydrogen) atoms. The van der Waals surface area contributed by atoms with Crippen LogP contribution in [0.2, 0.25) is 0 Å². The minimum absolute atomic E-state index is 0.0738. The van der Waals surface area contributed by atoms with E-state index in [0.29, 0.717) is 5.58 Å². The highest BCUT2D eigenvalue weighted by molar-refractivity contribution is 6.22. The molecule has 4 rings (SSSR count). The second-order valence-electron chi connectivity index (χ2n) is 5.97. The summed E-state index contributed by atoms with van der Waals surface area (Å²) in [5, 5.41) is 0.762. The number of imide groups is 1. The number of carbonyl (C=O) groups is 4. The van der Waals surface area contributed by atoms with Gasteiger partial charge in [-0.25, -0.2) is 0 Å². The molecule has 0 unspecified atom stereocenters. The number of ether oxygens (including phenoxy) is 1. The van der Waals surface area contributed by atoms with Crippen LogP contribution in [0.15, 0.2) is 59.0 Å². The number of nitrogens with zero attached hydrogens (tertiary/aromatic N) is 1. The summed E-state index contributed by atoms with van der Waals surface area (Å²) in [6.07, 6.45) is 0. The topological polar surface area (TPSA) is 93.9 Å². The highest BCUT2D eigenvalue weighted by Gasteiger charge is 2.36. The Hall–Kier alpha value is -3.74. The number of hydrogen-bond acceptors (Lipinski definition) is 6. The van der Waals surface area contributed by atoms with E-state index in [9.17, 15) is 19.2 Å². The van der Waals surface area contributed by atoms with Crippen LogP contribution >= 0.6 is 0 Å². The predicted molar refractivity (Wildman–Crippen MR) is 93.3 cm³/mol. The molecule has 0 fully saturated rings. The van der Waals surface area contributed by atoms with Gasteiger partial charge < -0.3 is 9.15 Å². The minimum atomic E-state index is -0.853. The third kappa shape index (κ3) is 2.99. The van der Waals surface area contributed by atoms with Crippen molar-refractivity contribution in [1.29, 1.82) is 0 Å². The van der Waals surface area contributed by atoms with E-state index in [2.05, 4.69) is 0 Å². The van der Waals surface area contributed by atoms with Crippen LogP contribution < -0.4 is 0 Å². The number of benzene rings is 2. The number of carbonyl (C=O) groups excluding carboxylic acids is 4. The molecule has 3 aromatic rings. The molecule has 2 amide bonds. The quantitative estimate of drug-likeness (QED) is 0.393. The fraction of sp³-hybridized carbons (Fsp3) is 0.100. The number of ketones is 1. The second-order valence-corrected chi connectivity index (χ2v) is 5.97. The molecular weight excluding hydrogens is 350 g/mol. The lowest BCUT2D eigenvalue weighted by atomic mass is 10.1. The zero-order chi connectivity index (χ0) is 19.0. The Morgan fingerprint density at radius 1 is 0.926 bits per heavy atom. The maximum absolute atomic E-state index is 12.2. The first-order chi connectivity index (χ1) is 13.0. The number of para-hydroxylation sites is 1. The van der Waals surface area contributed by atoms with Gasteiger partial charge in [0.2, 0.25) is 5.78 Å². The van der Waals surface area contributed by atoms with Crippen LogP contribution in [0.1, 0.15) is 31.3 Å². The standard InChI is InChI=1S/C20H13NO6/c22-15(17-9-12-5-1-4-8-16(12)27-17)11-26-18(23)10-21-19(24)13-6-2-3-7-14(13)20(21)25/h1-9H,10-11H2. The van der Waals surface area contributed by atoms with Crippen molar-refractivity contribution in [2.75, 3.05) is 13.2 Å². The molecule has 2 heterocycles. The smallest absolute Gasteiger partial charge is 0.326 e.